The third-order valence-corrected chi connectivity index (χ3v) is 6.06. The highest BCUT2D eigenvalue weighted by Crippen LogP contribution is 2.30. The zero-order valence-electron chi connectivity index (χ0n) is 18.7. The minimum Gasteiger partial charge on any atom is -0.457 e. The maximum absolute atomic E-state index is 12.8. The maximum atomic E-state index is 12.8. The highest BCUT2D eigenvalue weighted by molar-refractivity contribution is 6.03. The molecule has 1 aliphatic heterocycles. The highest BCUT2D eigenvalue weighted by Gasteiger charge is 2.35. The number of nitrogens with zero attached hydrogens (tertiary/aromatic N) is 1. The number of para-hydroxylation sites is 1. The minimum atomic E-state index is -0.377. The second kappa shape index (κ2) is 9.27. The number of benzene rings is 3. The quantitative estimate of drug-likeness (QED) is 0.552. The van der Waals surface area contributed by atoms with Crippen LogP contribution in [0.15, 0.2) is 66.7 Å². The molecule has 0 spiro atoms. The van der Waals surface area contributed by atoms with Crippen molar-refractivity contribution in [3.05, 3.63) is 83.4 Å². The summed E-state index contributed by atoms with van der Waals surface area (Å²) in [5, 5.41) is 2.94. The SMILES string of the molecule is CCc1ccccc1N1C[C@H](C(=O)Nc2ccc(Oc3cccc(C)c3C)cc2)CC1=O. The number of aryl methyl sites for hydroxylation is 2. The number of nitrogens with one attached hydrogen (secondary N) is 1. The van der Waals surface area contributed by atoms with Crippen LogP contribution in [0.1, 0.15) is 30.0 Å². The second-order valence-electron chi connectivity index (χ2n) is 8.20. The fraction of sp³-hybridized carbons (Fsp3) is 0.259. The van der Waals surface area contributed by atoms with Crippen LogP contribution < -0.4 is 15.0 Å². The summed E-state index contributed by atoms with van der Waals surface area (Å²) >= 11 is 0. The van der Waals surface area contributed by atoms with Gasteiger partial charge in [-0.3, -0.25) is 9.59 Å². The van der Waals surface area contributed by atoms with Crippen LogP contribution in [0, 0.1) is 19.8 Å². The molecule has 1 fully saturated rings. The first kappa shape index (κ1) is 21.6. The molecule has 0 aromatic heterocycles. The molecule has 3 aromatic carbocycles. The van der Waals surface area contributed by atoms with E-state index in [2.05, 4.69) is 25.2 Å². The molecular formula is C27H28N2O3. The van der Waals surface area contributed by atoms with Gasteiger partial charge in [0, 0.05) is 24.3 Å². The van der Waals surface area contributed by atoms with Gasteiger partial charge in [0.25, 0.3) is 0 Å². The number of hydrogen-bond donors (Lipinski definition) is 1. The van der Waals surface area contributed by atoms with E-state index in [4.69, 9.17) is 4.74 Å². The average molecular weight is 429 g/mol. The van der Waals surface area contributed by atoms with E-state index in [1.807, 2.05) is 67.6 Å². The molecule has 1 aliphatic rings. The summed E-state index contributed by atoms with van der Waals surface area (Å²) in [5.74, 6) is 0.994. The average Bonchev–Trinajstić information content (AvgIpc) is 3.19. The molecule has 0 saturated carbocycles. The van der Waals surface area contributed by atoms with Gasteiger partial charge in [-0.2, -0.15) is 0 Å². The number of rotatable bonds is 6. The Morgan fingerprint density at radius 1 is 1.03 bits per heavy atom. The number of ether oxygens (including phenoxy) is 1. The second-order valence-corrected chi connectivity index (χ2v) is 8.20. The van der Waals surface area contributed by atoms with Crippen molar-refractivity contribution in [3.63, 3.8) is 0 Å². The van der Waals surface area contributed by atoms with Gasteiger partial charge >= 0.3 is 0 Å². The minimum absolute atomic E-state index is 0.0108. The molecule has 0 unspecified atom stereocenters. The standard InChI is InChI=1S/C27H28N2O3/c1-4-20-9-5-6-10-24(20)29-17-21(16-26(29)30)27(31)28-22-12-14-23(15-13-22)32-25-11-7-8-18(2)19(25)3/h5-15,21H,4,16-17H2,1-3H3,(H,28,31)/t21-/m1/s1. The van der Waals surface area contributed by atoms with Gasteiger partial charge in [-0.1, -0.05) is 37.3 Å². The molecule has 0 radical (unpaired) electrons. The van der Waals surface area contributed by atoms with Crippen LogP contribution in [0.3, 0.4) is 0 Å². The van der Waals surface area contributed by atoms with Crippen LogP contribution in [-0.4, -0.2) is 18.4 Å². The summed E-state index contributed by atoms with van der Waals surface area (Å²) in [4.78, 5) is 27.2. The smallest absolute Gasteiger partial charge is 0.229 e. The van der Waals surface area contributed by atoms with Gasteiger partial charge in [0.1, 0.15) is 11.5 Å². The van der Waals surface area contributed by atoms with Gasteiger partial charge in [-0.05, 0) is 73.4 Å². The van der Waals surface area contributed by atoms with E-state index in [0.717, 1.165) is 29.0 Å². The summed E-state index contributed by atoms with van der Waals surface area (Å²) in [6, 6.07) is 21.1. The lowest BCUT2D eigenvalue weighted by Crippen LogP contribution is -2.28. The summed E-state index contributed by atoms with van der Waals surface area (Å²) < 4.78 is 5.98. The van der Waals surface area contributed by atoms with Crippen molar-refractivity contribution < 1.29 is 14.3 Å². The number of carbonyl (C=O) groups excluding carboxylic acids is 2. The predicted octanol–water partition coefficient (Wildman–Crippen LogP) is 5.65. The first-order valence-electron chi connectivity index (χ1n) is 11.0. The molecule has 5 heteroatoms. The molecule has 0 bridgehead atoms. The van der Waals surface area contributed by atoms with E-state index in [9.17, 15) is 9.59 Å². The third-order valence-electron chi connectivity index (χ3n) is 6.06. The van der Waals surface area contributed by atoms with E-state index in [1.165, 1.54) is 5.56 Å². The van der Waals surface area contributed by atoms with Gasteiger partial charge in [0.05, 0.1) is 5.92 Å². The van der Waals surface area contributed by atoms with Crippen molar-refractivity contribution in [3.8, 4) is 11.5 Å². The Balaban J connectivity index is 1.40. The Hall–Kier alpha value is -3.60. The zero-order valence-corrected chi connectivity index (χ0v) is 18.7. The molecule has 32 heavy (non-hydrogen) atoms. The molecular weight excluding hydrogens is 400 g/mol. The van der Waals surface area contributed by atoms with Gasteiger partial charge < -0.3 is 15.0 Å². The van der Waals surface area contributed by atoms with E-state index in [0.29, 0.717) is 18.0 Å². The fourth-order valence-corrected chi connectivity index (χ4v) is 4.00. The Bertz CT molecular complexity index is 1140. The predicted molar refractivity (Wildman–Crippen MR) is 127 cm³/mol. The topological polar surface area (TPSA) is 58.6 Å². The molecule has 5 nitrogen and oxygen atoms in total. The molecule has 1 saturated heterocycles. The van der Waals surface area contributed by atoms with Gasteiger partial charge in [0.15, 0.2) is 0 Å². The lowest BCUT2D eigenvalue weighted by molar-refractivity contribution is -0.122. The zero-order chi connectivity index (χ0) is 22.7. The largest absolute Gasteiger partial charge is 0.457 e. The molecule has 0 aliphatic carbocycles. The molecule has 3 aromatic rings. The number of anilines is 2. The monoisotopic (exact) mass is 428 g/mol. The molecule has 164 valence electrons. The Labute approximate surface area is 189 Å². The Morgan fingerprint density at radius 2 is 1.78 bits per heavy atom. The summed E-state index contributed by atoms with van der Waals surface area (Å²) in [5.41, 5.74) is 4.98. The lowest BCUT2D eigenvalue weighted by atomic mass is 10.1. The normalized spacial score (nSPS) is 15.7. The van der Waals surface area contributed by atoms with Gasteiger partial charge in [-0.25, -0.2) is 0 Å². The van der Waals surface area contributed by atoms with E-state index >= 15 is 0 Å². The maximum Gasteiger partial charge on any atom is 0.229 e. The van der Waals surface area contributed by atoms with Crippen LogP contribution in [0.4, 0.5) is 11.4 Å². The highest BCUT2D eigenvalue weighted by atomic mass is 16.5. The van der Waals surface area contributed by atoms with Crippen molar-refractivity contribution in [2.24, 2.45) is 5.92 Å². The number of hydrogen-bond acceptors (Lipinski definition) is 3. The van der Waals surface area contributed by atoms with Crippen LogP contribution in [0.25, 0.3) is 0 Å². The van der Waals surface area contributed by atoms with E-state index in [1.54, 1.807) is 4.90 Å². The van der Waals surface area contributed by atoms with Crippen LogP contribution >= 0.6 is 0 Å². The van der Waals surface area contributed by atoms with E-state index < -0.39 is 0 Å². The number of amides is 2. The van der Waals surface area contributed by atoms with Crippen molar-refractivity contribution >= 4 is 23.2 Å². The lowest BCUT2D eigenvalue weighted by Gasteiger charge is -2.20. The summed E-state index contributed by atoms with van der Waals surface area (Å²) in [6.07, 6.45) is 1.06. The van der Waals surface area contributed by atoms with Crippen molar-refractivity contribution in [1.29, 1.82) is 0 Å². The van der Waals surface area contributed by atoms with Gasteiger partial charge in [-0.15, -0.1) is 0 Å². The molecule has 1 heterocycles. The first-order chi connectivity index (χ1) is 15.5. The van der Waals surface area contributed by atoms with Crippen LogP contribution in [-0.2, 0) is 16.0 Å². The molecule has 1 N–H and O–H groups in total. The molecule has 1 atom stereocenters. The van der Waals surface area contributed by atoms with Crippen LogP contribution in [0.2, 0.25) is 0 Å². The summed E-state index contributed by atoms with van der Waals surface area (Å²) in [6.45, 7) is 6.55. The Morgan fingerprint density at radius 3 is 2.53 bits per heavy atom. The van der Waals surface area contributed by atoms with E-state index in [-0.39, 0.29) is 24.2 Å². The van der Waals surface area contributed by atoms with Crippen LogP contribution in [0.5, 0.6) is 11.5 Å². The summed E-state index contributed by atoms with van der Waals surface area (Å²) in [7, 11) is 0. The Kier molecular flexibility index (Phi) is 6.26. The van der Waals surface area contributed by atoms with Gasteiger partial charge in [0.2, 0.25) is 11.8 Å². The fourth-order valence-electron chi connectivity index (χ4n) is 4.00. The first-order valence-corrected chi connectivity index (χ1v) is 11.0. The number of carbonyl (C=O) groups is 2. The van der Waals surface area contributed by atoms with Crippen molar-refractivity contribution in [1.82, 2.24) is 0 Å². The molecule has 4 rings (SSSR count). The molecule has 2 amide bonds. The van der Waals surface area contributed by atoms with Crippen molar-refractivity contribution in [2.75, 3.05) is 16.8 Å². The third kappa shape index (κ3) is 4.52. The van der Waals surface area contributed by atoms with Crippen molar-refractivity contribution in [2.45, 2.75) is 33.6 Å².